The monoisotopic (exact) mass is 440 g/mol. The number of aromatic nitrogens is 1. The van der Waals surface area contributed by atoms with Crippen molar-refractivity contribution < 1.29 is 18.8 Å². The van der Waals surface area contributed by atoms with Crippen molar-refractivity contribution in [2.45, 2.75) is 44.3 Å². The molecule has 1 aliphatic carbocycles. The highest BCUT2D eigenvalue weighted by Crippen LogP contribution is 2.37. The van der Waals surface area contributed by atoms with Crippen LogP contribution in [0.25, 0.3) is 10.9 Å². The molecule has 1 unspecified atom stereocenters. The number of imide groups is 1. The van der Waals surface area contributed by atoms with E-state index in [1.807, 2.05) is 18.2 Å². The van der Waals surface area contributed by atoms with Gasteiger partial charge in [-0.15, -0.1) is 0 Å². The van der Waals surface area contributed by atoms with Gasteiger partial charge in [-0.2, -0.15) is 0 Å². The molecule has 3 N–H and O–H groups in total. The number of nitrogens with zero attached hydrogens (tertiary/aromatic N) is 1. The molecule has 160 valence electrons. The molecule has 3 heterocycles. The smallest absolute Gasteiger partial charge is 0.325 e. The summed E-state index contributed by atoms with van der Waals surface area (Å²) in [6, 6.07) is 7.56. The minimum absolute atomic E-state index is 0.0393. The highest BCUT2D eigenvalue weighted by Gasteiger charge is 2.40. The fraction of sp³-hybridized carbons (Fsp3) is 0.318. The molecule has 1 aromatic carbocycles. The minimum atomic E-state index is -0.886. The molecule has 0 radical (unpaired) electrons. The highest BCUT2D eigenvalue weighted by molar-refractivity contribution is 6.35. The second-order valence-electron chi connectivity index (χ2n) is 7.90. The van der Waals surface area contributed by atoms with Crippen LogP contribution in [-0.2, 0) is 22.6 Å². The fourth-order valence-electron chi connectivity index (χ4n) is 4.46. The summed E-state index contributed by atoms with van der Waals surface area (Å²) in [5, 5.41) is 7.34. The molecule has 0 spiro atoms. The Bertz CT molecular complexity index is 1170. The van der Waals surface area contributed by atoms with Crippen LogP contribution in [0.2, 0.25) is 5.02 Å². The predicted octanol–water partition coefficient (Wildman–Crippen LogP) is 3.42. The maximum absolute atomic E-state index is 12.7. The quantitative estimate of drug-likeness (QED) is 0.528. The van der Waals surface area contributed by atoms with Gasteiger partial charge in [0.2, 0.25) is 5.91 Å². The van der Waals surface area contributed by atoms with E-state index in [1.165, 1.54) is 11.8 Å². The van der Waals surface area contributed by atoms with E-state index in [4.69, 9.17) is 16.0 Å². The average molecular weight is 441 g/mol. The summed E-state index contributed by atoms with van der Waals surface area (Å²) >= 11 is 6.33. The van der Waals surface area contributed by atoms with Gasteiger partial charge in [-0.1, -0.05) is 23.7 Å². The lowest BCUT2D eigenvalue weighted by Crippen LogP contribution is -2.38. The van der Waals surface area contributed by atoms with Crippen molar-refractivity contribution in [2.75, 3.05) is 0 Å². The van der Waals surface area contributed by atoms with E-state index in [0.717, 1.165) is 40.8 Å². The van der Waals surface area contributed by atoms with Crippen molar-refractivity contribution in [3.63, 3.8) is 0 Å². The zero-order valence-electron chi connectivity index (χ0n) is 16.6. The number of furan rings is 1. The summed E-state index contributed by atoms with van der Waals surface area (Å²) in [4.78, 5) is 42.0. The van der Waals surface area contributed by atoms with Crippen LogP contribution >= 0.6 is 11.6 Å². The minimum Gasteiger partial charge on any atom is -0.467 e. The molecule has 0 saturated carbocycles. The van der Waals surface area contributed by atoms with Crippen LogP contribution in [0.5, 0.6) is 0 Å². The zero-order chi connectivity index (χ0) is 21.5. The van der Waals surface area contributed by atoms with Gasteiger partial charge in [0, 0.05) is 11.1 Å². The zero-order valence-corrected chi connectivity index (χ0v) is 17.4. The van der Waals surface area contributed by atoms with Gasteiger partial charge < -0.3 is 20.0 Å². The molecule has 2 atom stereocenters. The molecule has 0 bridgehead atoms. The maximum atomic E-state index is 12.7. The van der Waals surface area contributed by atoms with Crippen molar-refractivity contribution in [3.8, 4) is 0 Å². The number of halogens is 1. The summed E-state index contributed by atoms with van der Waals surface area (Å²) in [6.45, 7) is 0.0393. The molecule has 2 aliphatic rings. The molecule has 3 aromatic rings. The van der Waals surface area contributed by atoms with Crippen LogP contribution in [0.3, 0.4) is 0 Å². The number of aryl methyl sites for hydroxylation is 1. The van der Waals surface area contributed by atoms with Gasteiger partial charge in [0.15, 0.2) is 0 Å². The van der Waals surface area contributed by atoms with Gasteiger partial charge >= 0.3 is 6.03 Å². The van der Waals surface area contributed by atoms with Gasteiger partial charge in [-0.05, 0) is 43.0 Å². The molecule has 1 aliphatic heterocycles. The number of hydrogen-bond donors (Lipinski definition) is 3. The first-order chi connectivity index (χ1) is 15.0. The lowest BCUT2D eigenvalue weighted by atomic mass is 9.91. The van der Waals surface area contributed by atoms with Crippen molar-refractivity contribution in [1.82, 2.24) is 20.5 Å². The normalized spacial score (nSPS) is 20.7. The number of rotatable bonds is 5. The SMILES string of the molecule is O=C(C[C@@H]1NC(=O)N(Cc2ccco2)C1=O)NC1CCCc2c1[nH]c1c(Cl)cccc21. The first-order valence-electron chi connectivity index (χ1n) is 10.2. The van der Waals surface area contributed by atoms with E-state index >= 15 is 0 Å². The molecule has 1 fully saturated rings. The Morgan fingerprint density at radius 3 is 2.94 bits per heavy atom. The van der Waals surface area contributed by atoms with Crippen LogP contribution in [0.15, 0.2) is 41.0 Å². The highest BCUT2D eigenvalue weighted by atomic mass is 35.5. The number of para-hydroxylation sites is 1. The van der Waals surface area contributed by atoms with Gasteiger partial charge in [-0.3, -0.25) is 14.5 Å². The average Bonchev–Trinajstić information content (AvgIpc) is 3.45. The summed E-state index contributed by atoms with van der Waals surface area (Å²) < 4.78 is 5.21. The largest absolute Gasteiger partial charge is 0.467 e. The summed E-state index contributed by atoms with van der Waals surface area (Å²) in [7, 11) is 0. The standard InChI is InChI=1S/C22H21ClN4O4/c23-15-7-1-5-13-14-6-2-8-16(20(14)26-19(13)15)24-18(28)10-17-21(29)27(22(30)25-17)11-12-4-3-9-31-12/h1,3-5,7,9,16-17,26H,2,6,8,10-11H2,(H,24,28)(H,25,30)/t16?,17-/m0/s1. The molecule has 9 heteroatoms. The van der Waals surface area contributed by atoms with Crippen LogP contribution in [-0.4, -0.2) is 33.8 Å². The van der Waals surface area contributed by atoms with Crippen molar-refractivity contribution in [1.29, 1.82) is 0 Å². The Balaban J connectivity index is 1.28. The van der Waals surface area contributed by atoms with E-state index in [2.05, 4.69) is 15.6 Å². The first kappa shape index (κ1) is 19.7. The molecular formula is C22H21ClN4O4. The molecule has 2 aromatic heterocycles. The Labute approximate surface area is 182 Å². The molecule has 1 saturated heterocycles. The maximum Gasteiger partial charge on any atom is 0.325 e. The molecule has 4 amide bonds. The number of carbonyl (C=O) groups is 3. The van der Waals surface area contributed by atoms with Crippen LogP contribution < -0.4 is 10.6 Å². The molecular weight excluding hydrogens is 420 g/mol. The number of benzene rings is 1. The van der Waals surface area contributed by atoms with Crippen molar-refractivity contribution in [2.24, 2.45) is 0 Å². The van der Waals surface area contributed by atoms with Gasteiger partial charge in [0.05, 0.1) is 35.8 Å². The number of amides is 4. The van der Waals surface area contributed by atoms with Crippen LogP contribution in [0.1, 0.15) is 42.3 Å². The van der Waals surface area contributed by atoms with E-state index in [-0.39, 0.29) is 24.9 Å². The third-order valence-electron chi connectivity index (χ3n) is 5.92. The number of urea groups is 1. The number of fused-ring (bicyclic) bond motifs is 3. The number of carbonyl (C=O) groups excluding carboxylic acids is 3. The first-order valence-corrected chi connectivity index (χ1v) is 10.6. The Morgan fingerprint density at radius 1 is 1.26 bits per heavy atom. The van der Waals surface area contributed by atoms with Gasteiger partial charge in [0.1, 0.15) is 11.8 Å². The van der Waals surface area contributed by atoms with E-state index in [0.29, 0.717) is 10.8 Å². The number of nitrogens with one attached hydrogen (secondary N) is 3. The summed E-state index contributed by atoms with van der Waals surface area (Å²) in [5.41, 5.74) is 3.01. The lowest BCUT2D eigenvalue weighted by Gasteiger charge is -2.24. The molecule has 31 heavy (non-hydrogen) atoms. The topological polar surface area (TPSA) is 107 Å². The van der Waals surface area contributed by atoms with E-state index in [9.17, 15) is 14.4 Å². The van der Waals surface area contributed by atoms with Crippen LogP contribution in [0, 0.1) is 0 Å². The third-order valence-corrected chi connectivity index (χ3v) is 6.23. The van der Waals surface area contributed by atoms with Gasteiger partial charge in [0.25, 0.3) is 5.91 Å². The lowest BCUT2D eigenvalue weighted by molar-refractivity contribution is -0.131. The Kier molecular flexibility index (Phi) is 4.94. The van der Waals surface area contributed by atoms with E-state index < -0.39 is 18.0 Å². The number of aromatic amines is 1. The number of H-pyrrole nitrogens is 1. The number of hydrogen-bond acceptors (Lipinski definition) is 4. The predicted molar refractivity (Wildman–Crippen MR) is 113 cm³/mol. The molecule has 8 nitrogen and oxygen atoms in total. The summed E-state index contributed by atoms with van der Waals surface area (Å²) in [5.74, 6) is -0.222. The van der Waals surface area contributed by atoms with Crippen molar-refractivity contribution >= 4 is 40.3 Å². The third kappa shape index (κ3) is 3.57. The fourth-order valence-corrected chi connectivity index (χ4v) is 4.68. The van der Waals surface area contributed by atoms with E-state index in [1.54, 1.807) is 12.1 Å². The van der Waals surface area contributed by atoms with Gasteiger partial charge in [-0.25, -0.2) is 4.79 Å². The second kappa shape index (κ2) is 7.77. The Hall–Kier alpha value is -3.26. The van der Waals surface area contributed by atoms with Crippen molar-refractivity contribution in [3.05, 3.63) is 58.6 Å². The summed E-state index contributed by atoms with van der Waals surface area (Å²) in [6.07, 6.45) is 4.01. The van der Waals surface area contributed by atoms with Crippen LogP contribution in [0.4, 0.5) is 4.79 Å². The Morgan fingerprint density at radius 2 is 2.13 bits per heavy atom. The molecule has 5 rings (SSSR count). The second-order valence-corrected chi connectivity index (χ2v) is 8.31.